The van der Waals surface area contributed by atoms with Gasteiger partial charge in [-0.1, -0.05) is 170 Å². The monoisotopic (exact) mass is 840 g/mol. The van der Waals surface area contributed by atoms with Crippen molar-refractivity contribution in [2.75, 3.05) is 0 Å². The molecule has 0 amide bonds. The molecule has 10 aromatic carbocycles. The maximum Gasteiger partial charge on any atom is 0.135 e. The largest absolute Gasteiger partial charge is 0.457 e. The molecule has 0 aliphatic rings. The van der Waals surface area contributed by atoms with Crippen molar-refractivity contribution in [3.8, 4) is 90.5 Å². The third-order valence-corrected chi connectivity index (χ3v) is 11.1. The van der Waals surface area contributed by atoms with Gasteiger partial charge in [-0.3, -0.25) is 0 Å². The lowest BCUT2D eigenvalue weighted by Crippen LogP contribution is -1.96. The molecule has 0 radical (unpaired) electrons. The van der Waals surface area contributed by atoms with Crippen molar-refractivity contribution in [2.24, 2.45) is 0 Å². The molecule has 4 heteroatoms. The first-order chi connectivity index (χ1) is 32.2. The van der Waals surface area contributed by atoms with E-state index in [0.717, 1.165) is 102 Å². The van der Waals surface area contributed by atoms with Crippen molar-refractivity contribution in [2.45, 2.75) is 6.42 Å². The van der Waals surface area contributed by atoms with Gasteiger partial charge in [0.25, 0.3) is 0 Å². The fourth-order valence-electron chi connectivity index (χ4n) is 8.08. The number of ether oxygens (including phenoxy) is 4. The van der Waals surface area contributed by atoms with E-state index >= 15 is 0 Å². The molecular formula is C61H44O4. The van der Waals surface area contributed by atoms with Gasteiger partial charge >= 0.3 is 0 Å². The number of para-hydroxylation sites is 8. The van der Waals surface area contributed by atoms with E-state index in [-0.39, 0.29) is 0 Å². The molecule has 0 heterocycles. The van der Waals surface area contributed by atoms with Crippen LogP contribution in [0.5, 0.6) is 46.0 Å². The lowest BCUT2D eigenvalue weighted by molar-refractivity contribution is 0.484. The number of hydrogen-bond acceptors (Lipinski definition) is 4. The zero-order valence-electron chi connectivity index (χ0n) is 35.6. The van der Waals surface area contributed by atoms with Gasteiger partial charge < -0.3 is 18.9 Å². The summed E-state index contributed by atoms with van der Waals surface area (Å²) in [6, 6.07) is 86.2. The molecule has 0 atom stereocenters. The zero-order chi connectivity index (χ0) is 43.6. The van der Waals surface area contributed by atoms with Gasteiger partial charge in [-0.05, 0) is 125 Å². The lowest BCUT2D eigenvalue weighted by atomic mass is 9.90. The Kier molecular flexibility index (Phi) is 12.0. The van der Waals surface area contributed by atoms with Crippen LogP contribution in [0.15, 0.2) is 255 Å². The van der Waals surface area contributed by atoms with Crippen LogP contribution in [-0.2, 0) is 6.42 Å². The predicted octanol–water partition coefficient (Wildman–Crippen LogP) is 17.1. The van der Waals surface area contributed by atoms with Gasteiger partial charge in [0, 0.05) is 22.3 Å². The van der Waals surface area contributed by atoms with Crippen LogP contribution in [0.25, 0.3) is 44.5 Å². The highest BCUT2D eigenvalue weighted by Crippen LogP contribution is 2.42. The molecule has 312 valence electrons. The number of hydrogen-bond donors (Lipinski definition) is 0. The first-order valence-electron chi connectivity index (χ1n) is 21.8. The van der Waals surface area contributed by atoms with Gasteiger partial charge in [0.2, 0.25) is 0 Å². The summed E-state index contributed by atoms with van der Waals surface area (Å²) < 4.78 is 26.2. The standard InChI is InChI=1S/C61H44O4/c1-5-21-50(22-6-1)62-58-33-17-13-29-54(58)46-38-44(39-47(42-46)55-30-14-18-34-59(55)63-51-23-7-2-8-24-51)37-45-40-48(56-31-15-19-35-60(56)64-52-25-9-3-10-26-52)43-49(41-45)57-32-16-20-36-61(57)65-53-27-11-4-12-28-53/h1-36,38-43H,37H2. The van der Waals surface area contributed by atoms with E-state index in [9.17, 15) is 0 Å². The minimum Gasteiger partial charge on any atom is -0.457 e. The smallest absolute Gasteiger partial charge is 0.135 e. The van der Waals surface area contributed by atoms with Gasteiger partial charge in [0.05, 0.1) is 0 Å². The quantitative estimate of drug-likeness (QED) is 0.109. The molecule has 0 saturated heterocycles. The Hall–Kier alpha value is -8.60. The Balaban J connectivity index is 1.12. The first kappa shape index (κ1) is 40.5. The lowest BCUT2D eigenvalue weighted by Gasteiger charge is -2.18. The van der Waals surface area contributed by atoms with Crippen LogP contribution in [0.4, 0.5) is 0 Å². The van der Waals surface area contributed by atoms with E-state index in [2.05, 4.69) is 84.9 Å². The van der Waals surface area contributed by atoms with Crippen molar-refractivity contribution in [1.29, 1.82) is 0 Å². The average molecular weight is 841 g/mol. The van der Waals surface area contributed by atoms with Crippen LogP contribution in [0.3, 0.4) is 0 Å². The van der Waals surface area contributed by atoms with Crippen LogP contribution in [0, 0.1) is 0 Å². The second-order valence-electron chi connectivity index (χ2n) is 15.7. The maximum atomic E-state index is 6.56. The molecule has 10 rings (SSSR count). The third-order valence-electron chi connectivity index (χ3n) is 11.1. The zero-order valence-corrected chi connectivity index (χ0v) is 35.6. The Morgan fingerprint density at radius 1 is 0.215 bits per heavy atom. The summed E-state index contributed by atoms with van der Waals surface area (Å²) in [5, 5.41) is 0. The summed E-state index contributed by atoms with van der Waals surface area (Å²) in [7, 11) is 0. The average Bonchev–Trinajstić information content (AvgIpc) is 3.36. The minimum atomic E-state index is 0.620. The molecule has 10 aromatic rings. The van der Waals surface area contributed by atoms with E-state index in [1.54, 1.807) is 0 Å². The summed E-state index contributed by atoms with van der Waals surface area (Å²) >= 11 is 0. The molecular weight excluding hydrogens is 797 g/mol. The van der Waals surface area contributed by atoms with Crippen molar-refractivity contribution < 1.29 is 18.9 Å². The fraction of sp³-hybridized carbons (Fsp3) is 0.0164. The van der Waals surface area contributed by atoms with Gasteiger partial charge in [-0.2, -0.15) is 0 Å². The molecule has 0 unspecified atom stereocenters. The Labute approximate surface area is 380 Å². The highest BCUT2D eigenvalue weighted by atomic mass is 16.5. The summed E-state index contributed by atoms with van der Waals surface area (Å²) in [6.07, 6.45) is 0.620. The van der Waals surface area contributed by atoms with Crippen LogP contribution in [0.1, 0.15) is 11.1 Å². The third kappa shape index (κ3) is 9.73. The van der Waals surface area contributed by atoms with E-state index < -0.39 is 0 Å². The molecule has 0 bridgehead atoms. The summed E-state index contributed by atoms with van der Waals surface area (Å²) in [4.78, 5) is 0. The van der Waals surface area contributed by atoms with Crippen molar-refractivity contribution in [3.63, 3.8) is 0 Å². The Bertz CT molecular complexity index is 2740. The normalized spacial score (nSPS) is 10.8. The van der Waals surface area contributed by atoms with Crippen LogP contribution in [0.2, 0.25) is 0 Å². The number of rotatable bonds is 14. The molecule has 0 saturated carbocycles. The van der Waals surface area contributed by atoms with Crippen molar-refractivity contribution in [3.05, 3.63) is 266 Å². The van der Waals surface area contributed by atoms with Crippen molar-refractivity contribution >= 4 is 0 Å². The highest BCUT2D eigenvalue weighted by Gasteiger charge is 2.17. The SMILES string of the molecule is c1ccc(Oc2ccccc2-c2cc(Cc3cc(-c4ccccc4Oc4ccccc4)cc(-c4ccccc4Oc4ccccc4)c3)cc(-c3ccccc3Oc3ccccc3)c2)cc1. The molecule has 0 fully saturated rings. The van der Waals surface area contributed by atoms with E-state index in [1.165, 1.54) is 0 Å². The topological polar surface area (TPSA) is 36.9 Å². The van der Waals surface area contributed by atoms with Gasteiger partial charge in [-0.25, -0.2) is 0 Å². The van der Waals surface area contributed by atoms with E-state index in [1.807, 2.05) is 170 Å². The Morgan fingerprint density at radius 3 is 0.677 bits per heavy atom. The number of benzene rings is 10. The maximum absolute atomic E-state index is 6.56. The van der Waals surface area contributed by atoms with Crippen LogP contribution in [-0.4, -0.2) is 0 Å². The van der Waals surface area contributed by atoms with Gasteiger partial charge in [0.15, 0.2) is 0 Å². The van der Waals surface area contributed by atoms with Gasteiger partial charge in [0.1, 0.15) is 46.0 Å². The highest BCUT2D eigenvalue weighted by molar-refractivity contribution is 5.82. The molecule has 0 aliphatic carbocycles. The van der Waals surface area contributed by atoms with Crippen molar-refractivity contribution in [1.82, 2.24) is 0 Å². The molecule has 0 aliphatic heterocycles. The summed E-state index contributed by atoms with van der Waals surface area (Å²) in [5.41, 5.74) is 10.3. The second kappa shape index (κ2) is 19.2. The fourth-order valence-corrected chi connectivity index (χ4v) is 8.08. The predicted molar refractivity (Wildman–Crippen MR) is 263 cm³/mol. The molecule has 0 aromatic heterocycles. The first-order valence-corrected chi connectivity index (χ1v) is 21.8. The second-order valence-corrected chi connectivity index (χ2v) is 15.7. The summed E-state index contributed by atoms with van der Waals surface area (Å²) in [6.45, 7) is 0. The van der Waals surface area contributed by atoms with E-state index in [4.69, 9.17) is 18.9 Å². The molecule has 0 spiro atoms. The molecule has 65 heavy (non-hydrogen) atoms. The minimum absolute atomic E-state index is 0.620. The molecule has 4 nitrogen and oxygen atoms in total. The molecule has 0 N–H and O–H groups in total. The van der Waals surface area contributed by atoms with Crippen LogP contribution < -0.4 is 18.9 Å². The van der Waals surface area contributed by atoms with Crippen LogP contribution >= 0.6 is 0 Å². The van der Waals surface area contributed by atoms with E-state index in [0.29, 0.717) is 6.42 Å². The van der Waals surface area contributed by atoms with Gasteiger partial charge in [-0.15, -0.1) is 0 Å². The Morgan fingerprint density at radius 2 is 0.431 bits per heavy atom. The summed E-state index contributed by atoms with van der Waals surface area (Å²) in [5.74, 6) is 6.17.